The number of likely N-dealkylation sites (N-methyl/N-ethyl adjacent to an activating group) is 1. The maximum absolute atomic E-state index is 13.4. The van der Waals surface area contributed by atoms with Gasteiger partial charge in [0.2, 0.25) is 0 Å². The van der Waals surface area contributed by atoms with E-state index in [4.69, 9.17) is 5.73 Å². The number of aryl methyl sites for hydroxylation is 1. The second kappa shape index (κ2) is 6.37. The first-order valence-electron chi connectivity index (χ1n) is 6.47. The van der Waals surface area contributed by atoms with Crippen LogP contribution in [0.5, 0.6) is 0 Å². The van der Waals surface area contributed by atoms with Crippen molar-refractivity contribution in [3.8, 4) is 0 Å². The molecule has 2 N–H and O–H groups in total. The van der Waals surface area contributed by atoms with Gasteiger partial charge in [0.1, 0.15) is 5.82 Å². The van der Waals surface area contributed by atoms with Crippen LogP contribution in [0.15, 0.2) is 46.9 Å². The molecule has 0 amide bonds. The van der Waals surface area contributed by atoms with Crippen LogP contribution in [0.4, 0.5) is 10.1 Å². The predicted octanol–water partition coefficient (Wildman–Crippen LogP) is 4.03. The van der Waals surface area contributed by atoms with E-state index in [1.807, 2.05) is 37.1 Å². The van der Waals surface area contributed by atoms with Gasteiger partial charge in [0.25, 0.3) is 0 Å². The lowest BCUT2D eigenvalue weighted by atomic mass is 10.0. The van der Waals surface area contributed by atoms with Gasteiger partial charge >= 0.3 is 0 Å². The predicted molar refractivity (Wildman–Crippen MR) is 85.5 cm³/mol. The number of nitrogens with two attached hydrogens (primary N) is 1. The Morgan fingerprint density at radius 3 is 2.60 bits per heavy atom. The van der Waals surface area contributed by atoms with Gasteiger partial charge in [-0.3, -0.25) is 0 Å². The third kappa shape index (κ3) is 3.19. The van der Waals surface area contributed by atoms with Crippen LogP contribution in [0.25, 0.3) is 0 Å². The van der Waals surface area contributed by atoms with E-state index in [1.54, 1.807) is 6.07 Å². The molecule has 0 aliphatic heterocycles. The molecule has 0 fully saturated rings. The smallest absolute Gasteiger partial charge is 0.125 e. The Hall–Kier alpha value is -1.39. The molecule has 0 aromatic heterocycles. The average Bonchev–Trinajstić information content (AvgIpc) is 2.43. The summed E-state index contributed by atoms with van der Waals surface area (Å²) in [6, 6.07) is 12.8. The summed E-state index contributed by atoms with van der Waals surface area (Å²) in [6.07, 6.45) is 0. The van der Waals surface area contributed by atoms with Crippen LogP contribution in [-0.4, -0.2) is 13.6 Å². The molecular formula is C16H18BrFN2. The SMILES string of the molecule is Cc1cc(C(CN)N(C)c2cccc(F)c2)ccc1Br. The molecule has 2 nitrogen and oxygen atoms in total. The van der Waals surface area contributed by atoms with Crippen molar-refractivity contribution in [2.24, 2.45) is 5.73 Å². The van der Waals surface area contributed by atoms with Crippen LogP contribution in [0.3, 0.4) is 0 Å². The molecule has 1 unspecified atom stereocenters. The molecule has 0 aliphatic carbocycles. The van der Waals surface area contributed by atoms with Crippen molar-refractivity contribution < 1.29 is 4.39 Å². The molecular weight excluding hydrogens is 319 g/mol. The Labute approximate surface area is 127 Å². The number of nitrogens with zero attached hydrogens (tertiary/aromatic N) is 1. The molecule has 106 valence electrons. The highest BCUT2D eigenvalue weighted by molar-refractivity contribution is 9.10. The summed E-state index contributed by atoms with van der Waals surface area (Å²) in [5, 5.41) is 0. The second-order valence-corrected chi connectivity index (χ2v) is 5.71. The van der Waals surface area contributed by atoms with Gasteiger partial charge in [0, 0.05) is 23.8 Å². The largest absolute Gasteiger partial charge is 0.366 e. The van der Waals surface area contributed by atoms with E-state index in [0.717, 1.165) is 21.3 Å². The highest BCUT2D eigenvalue weighted by atomic mass is 79.9. The third-order valence-electron chi connectivity index (χ3n) is 3.47. The zero-order valence-corrected chi connectivity index (χ0v) is 13.2. The number of benzene rings is 2. The topological polar surface area (TPSA) is 29.3 Å². The molecule has 0 bridgehead atoms. The normalized spacial score (nSPS) is 12.2. The van der Waals surface area contributed by atoms with E-state index in [1.165, 1.54) is 12.1 Å². The Morgan fingerprint density at radius 1 is 1.25 bits per heavy atom. The molecule has 0 saturated heterocycles. The van der Waals surface area contributed by atoms with Crippen molar-refractivity contribution in [2.45, 2.75) is 13.0 Å². The van der Waals surface area contributed by atoms with Crippen LogP contribution in [0.2, 0.25) is 0 Å². The lowest BCUT2D eigenvalue weighted by Crippen LogP contribution is -2.30. The summed E-state index contributed by atoms with van der Waals surface area (Å²) in [5.41, 5.74) is 9.03. The van der Waals surface area contributed by atoms with Crippen molar-refractivity contribution in [1.29, 1.82) is 0 Å². The van der Waals surface area contributed by atoms with Gasteiger partial charge in [-0.1, -0.05) is 34.1 Å². The second-order valence-electron chi connectivity index (χ2n) is 4.85. The Kier molecular flexibility index (Phi) is 4.78. The van der Waals surface area contributed by atoms with Gasteiger partial charge in [-0.15, -0.1) is 0 Å². The molecule has 20 heavy (non-hydrogen) atoms. The summed E-state index contributed by atoms with van der Waals surface area (Å²) in [6.45, 7) is 2.51. The standard InChI is InChI=1S/C16H18BrFN2/c1-11-8-12(6-7-15(11)17)16(10-19)20(2)14-5-3-4-13(18)9-14/h3-9,16H,10,19H2,1-2H3. The van der Waals surface area contributed by atoms with Gasteiger partial charge in [-0.05, 0) is 42.3 Å². The third-order valence-corrected chi connectivity index (χ3v) is 4.36. The van der Waals surface area contributed by atoms with Gasteiger partial charge in [-0.2, -0.15) is 0 Å². The maximum atomic E-state index is 13.4. The molecule has 4 heteroatoms. The fourth-order valence-corrected chi connectivity index (χ4v) is 2.52. The van der Waals surface area contributed by atoms with E-state index in [0.29, 0.717) is 6.54 Å². The van der Waals surface area contributed by atoms with Crippen molar-refractivity contribution >= 4 is 21.6 Å². The summed E-state index contributed by atoms with van der Waals surface area (Å²) < 4.78 is 14.4. The molecule has 0 saturated carbocycles. The molecule has 2 aromatic rings. The lowest BCUT2D eigenvalue weighted by Gasteiger charge is -2.30. The lowest BCUT2D eigenvalue weighted by molar-refractivity contribution is 0.623. The zero-order chi connectivity index (χ0) is 14.7. The van der Waals surface area contributed by atoms with Gasteiger partial charge in [0.15, 0.2) is 0 Å². The number of hydrogen-bond acceptors (Lipinski definition) is 2. The monoisotopic (exact) mass is 336 g/mol. The number of anilines is 1. The summed E-state index contributed by atoms with van der Waals surface area (Å²) >= 11 is 3.50. The number of hydrogen-bond donors (Lipinski definition) is 1. The van der Waals surface area contributed by atoms with E-state index in [9.17, 15) is 4.39 Å². The first-order chi connectivity index (χ1) is 9.52. The summed E-state index contributed by atoms with van der Waals surface area (Å²) in [5.74, 6) is -0.239. The van der Waals surface area contributed by atoms with Crippen LogP contribution in [0.1, 0.15) is 17.2 Å². The van der Waals surface area contributed by atoms with Crippen LogP contribution < -0.4 is 10.6 Å². The molecule has 0 radical (unpaired) electrons. The first-order valence-corrected chi connectivity index (χ1v) is 7.26. The van der Waals surface area contributed by atoms with E-state index < -0.39 is 0 Å². The minimum Gasteiger partial charge on any atom is -0.366 e. The van der Waals surface area contributed by atoms with Crippen molar-refractivity contribution in [1.82, 2.24) is 0 Å². The average molecular weight is 337 g/mol. The first kappa shape index (κ1) is 15.0. The fourth-order valence-electron chi connectivity index (χ4n) is 2.27. The van der Waals surface area contributed by atoms with Crippen LogP contribution in [-0.2, 0) is 0 Å². The van der Waals surface area contributed by atoms with E-state index >= 15 is 0 Å². The summed E-state index contributed by atoms with van der Waals surface area (Å²) in [7, 11) is 1.93. The van der Waals surface area contributed by atoms with Crippen LogP contribution >= 0.6 is 15.9 Å². The van der Waals surface area contributed by atoms with Gasteiger partial charge in [-0.25, -0.2) is 4.39 Å². The number of rotatable bonds is 4. The highest BCUT2D eigenvalue weighted by Crippen LogP contribution is 2.28. The molecule has 0 aliphatic rings. The van der Waals surface area contributed by atoms with Gasteiger partial charge in [0.05, 0.1) is 6.04 Å². The Bertz CT molecular complexity index is 601. The highest BCUT2D eigenvalue weighted by Gasteiger charge is 2.17. The minimum absolute atomic E-state index is 0.0172. The maximum Gasteiger partial charge on any atom is 0.125 e. The van der Waals surface area contributed by atoms with Crippen LogP contribution in [0, 0.1) is 12.7 Å². The number of halogens is 2. The van der Waals surface area contributed by atoms with Crippen molar-refractivity contribution in [2.75, 3.05) is 18.5 Å². The zero-order valence-electron chi connectivity index (χ0n) is 11.6. The van der Waals surface area contributed by atoms with E-state index in [2.05, 4.69) is 22.0 Å². The molecule has 0 heterocycles. The fraction of sp³-hybridized carbons (Fsp3) is 0.250. The van der Waals surface area contributed by atoms with Crippen molar-refractivity contribution in [3.05, 3.63) is 63.9 Å². The van der Waals surface area contributed by atoms with Crippen molar-refractivity contribution in [3.63, 3.8) is 0 Å². The van der Waals surface area contributed by atoms with E-state index in [-0.39, 0.29) is 11.9 Å². The quantitative estimate of drug-likeness (QED) is 0.913. The van der Waals surface area contributed by atoms with Gasteiger partial charge < -0.3 is 10.6 Å². The molecule has 2 rings (SSSR count). The molecule has 1 atom stereocenters. The molecule has 2 aromatic carbocycles. The summed E-state index contributed by atoms with van der Waals surface area (Å²) in [4.78, 5) is 2.01. The molecule has 0 spiro atoms. The Balaban J connectivity index is 2.33. The Morgan fingerprint density at radius 2 is 2.00 bits per heavy atom. The minimum atomic E-state index is -0.239.